The maximum absolute atomic E-state index is 6.08. The molecular weight excluding hydrogens is 406 g/mol. The first-order chi connectivity index (χ1) is 15.1. The third-order valence-corrected chi connectivity index (χ3v) is 6.58. The van der Waals surface area contributed by atoms with Gasteiger partial charge in [-0.05, 0) is 49.7 Å². The fourth-order valence-corrected chi connectivity index (χ4v) is 4.66. The number of hydrogen-bond donors (Lipinski definition) is 1. The molecule has 158 valence electrons. The number of thiazole rings is 1. The number of rotatable bonds is 5. The third kappa shape index (κ3) is 4.58. The molecule has 1 saturated heterocycles. The average Bonchev–Trinajstić information content (AvgIpc) is 3.10. The Labute approximate surface area is 185 Å². The number of fused-ring (bicyclic) bond motifs is 1. The summed E-state index contributed by atoms with van der Waals surface area (Å²) in [6, 6.07) is 16.6. The Balaban J connectivity index is 1.28. The molecule has 31 heavy (non-hydrogen) atoms. The van der Waals surface area contributed by atoms with Crippen LogP contribution in [-0.4, -0.2) is 39.5 Å². The van der Waals surface area contributed by atoms with Crippen LogP contribution in [0.5, 0.6) is 0 Å². The number of nitrogens with zero attached hydrogens (tertiary/aromatic N) is 4. The lowest BCUT2D eigenvalue weighted by Crippen LogP contribution is -2.38. The summed E-state index contributed by atoms with van der Waals surface area (Å²) in [5, 5.41) is 5.38. The van der Waals surface area contributed by atoms with Crippen LogP contribution in [0.25, 0.3) is 10.9 Å². The molecule has 1 fully saturated rings. The maximum atomic E-state index is 6.08. The van der Waals surface area contributed by atoms with Gasteiger partial charge in [-0.15, -0.1) is 11.3 Å². The lowest BCUT2D eigenvalue weighted by Gasteiger charge is -2.32. The molecule has 0 amide bonds. The first-order valence-electron chi connectivity index (χ1n) is 10.5. The summed E-state index contributed by atoms with van der Waals surface area (Å²) < 4.78 is 6.08. The van der Waals surface area contributed by atoms with Crippen molar-refractivity contribution in [2.75, 3.05) is 25.0 Å². The topological polar surface area (TPSA) is 63.2 Å². The van der Waals surface area contributed by atoms with Gasteiger partial charge in [0, 0.05) is 36.1 Å². The summed E-state index contributed by atoms with van der Waals surface area (Å²) in [5.41, 5.74) is 4.33. The molecule has 1 N–H and O–H groups in total. The molecule has 4 aromatic rings. The van der Waals surface area contributed by atoms with Gasteiger partial charge in [0.15, 0.2) is 5.13 Å². The molecule has 7 heteroatoms. The van der Waals surface area contributed by atoms with E-state index < -0.39 is 0 Å². The molecule has 0 saturated carbocycles. The van der Waals surface area contributed by atoms with Crippen LogP contribution >= 0.6 is 11.3 Å². The fourth-order valence-electron chi connectivity index (χ4n) is 3.84. The predicted octanol–water partition coefficient (Wildman–Crippen LogP) is 5.02. The number of aromatic nitrogens is 3. The van der Waals surface area contributed by atoms with Crippen molar-refractivity contribution in [2.24, 2.45) is 0 Å². The molecule has 3 aromatic heterocycles. The smallest absolute Gasteiger partial charge is 0.188 e. The second-order valence-corrected chi connectivity index (χ2v) is 9.06. The van der Waals surface area contributed by atoms with Crippen molar-refractivity contribution in [2.45, 2.75) is 26.5 Å². The minimum absolute atomic E-state index is 0.0441. The van der Waals surface area contributed by atoms with E-state index in [2.05, 4.69) is 51.4 Å². The summed E-state index contributed by atoms with van der Waals surface area (Å²) in [6.07, 6.45) is 1.79. The van der Waals surface area contributed by atoms with E-state index in [0.717, 1.165) is 47.5 Å². The Hall–Kier alpha value is -2.87. The first-order valence-corrected chi connectivity index (χ1v) is 11.3. The van der Waals surface area contributed by atoms with Gasteiger partial charge in [0.25, 0.3) is 0 Å². The Morgan fingerprint density at radius 2 is 2.06 bits per heavy atom. The molecule has 0 spiro atoms. The zero-order valence-electron chi connectivity index (χ0n) is 17.7. The zero-order chi connectivity index (χ0) is 21.2. The molecular formula is C24H25N5OS. The van der Waals surface area contributed by atoms with Crippen molar-refractivity contribution >= 4 is 33.2 Å². The van der Waals surface area contributed by atoms with Gasteiger partial charge in [-0.3, -0.25) is 9.88 Å². The van der Waals surface area contributed by atoms with Gasteiger partial charge in [0.2, 0.25) is 0 Å². The van der Waals surface area contributed by atoms with Gasteiger partial charge in [-0.2, -0.15) is 0 Å². The molecule has 0 aliphatic carbocycles. The van der Waals surface area contributed by atoms with E-state index in [9.17, 15) is 0 Å². The lowest BCUT2D eigenvalue weighted by molar-refractivity contribution is -0.0349. The van der Waals surface area contributed by atoms with E-state index in [-0.39, 0.29) is 6.10 Å². The monoisotopic (exact) mass is 431 g/mol. The SMILES string of the molecule is Cc1nc(Nc2cccc([C@@H]3CN(Cc4ccc5ncccc5c4)CCO3)n2)sc1C. The first kappa shape index (κ1) is 20.1. The van der Waals surface area contributed by atoms with E-state index in [4.69, 9.17) is 9.72 Å². The Morgan fingerprint density at radius 3 is 2.94 bits per heavy atom. The summed E-state index contributed by atoms with van der Waals surface area (Å²) in [7, 11) is 0. The Morgan fingerprint density at radius 1 is 1.13 bits per heavy atom. The largest absolute Gasteiger partial charge is 0.369 e. The van der Waals surface area contributed by atoms with E-state index in [1.165, 1.54) is 15.8 Å². The number of hydrogen-bond acceptors (Lipinski definition) is 7. The molecule has 1 aliphatic rings. The molecule has 1 aliphatic heterocycles. The van der Waals surface area contributed by atoms with Gasteiger partial charge in [-0.25, -0.2) is 9.97 Å². The number of morpholine rings is 1. The second-order valence-electron chi connectivity index (χ2n) is 7.86. The van der Waals surface area contributed by atoms with Crippen LogP contribution in [-0.2, 0) is 11.3 Å². The van der Waals surface area contributed by atoms with E-state index in [0.29, 0.717) is 6.61 Å². The van der Waals surface area contributed by atoms with Crippen molar-refractivity contribution in [1.29, 1.82) is 0 Å². The van der Waals surface area contributed by atoms with Crippen LogP contribution in [0.1, 0.15) is 27.9 Å². The Bertz CT molecular complexity index is 1190. The van der Waals surface area contributed by atoms with Gasteiger partial charge in [-0.1, -0.05) is 18.2 Å². The van der Waals surface area contributed by atoms with E-state index >= 15 is 0 Å². The molecule has 5 rings (SSSR count). The number of aryl methyl sites for hydroxylation is 2. The summed E-state index contributed by atoms with van der Waals surface area (Å²) in [6.45, 7) is 7.43. The highest BCUT2D eigenvalue weighted by Crippen LogP contribution is 2.27. The second kappa shape index (κ2) is 8.70. The normalized spacial score (nSPS) is 17.2. The predicted molar refractivity (Wildman–Crippen MR) is 125 cm³/mol. The molecule has 1 aromatic carbocycles. The quantitative estimate of drug-likeness (QED) is 0.479. The fraction of sp³-hybridized carbons (Fsp3) is 0.292. The molecule has 6 nitrogen and oxygen atoms in total. The highest BCUT2D eigenvalue weighted by atomic mass is 32.1. The minimum atomic E-state index is -0.0441. The van der Waals surface area contributed by atoms with Crippen molar-refractivity contribution in [3.05, 3.63) is 76.6 Å². The van der Waals surface area contributed by atoms with Gasteiger partial charge in [0.05, 0.1) is 23.5 Å². The van der Waals surface area contributed by atoms with Crippen molar-refractivity contribution in [1.82, 2.24) is 19.9 Å². The number of benzene rings is 1. The summed E-state index contributed by atoms with van der Waals surface area (Å²) >= 11 is 1.65. The maximum Gasteiger partial charge on any atom is 0.188 e. The number of pyridine rings is 2. The summed E-state index contributed by atoms with van der Waals surface area (Å²) in [5.74, 6) is 0.800. The zero-order valence-corrected chi connectivity index (χ0v) is 18.5. The number of nitrogens with one attached hydrogen (secondary N) is 1. The molecule has 0 bridgehead atoms. The van der Waals surface area contributed by atoms with Gasteiger partial charge < -0.3 is 10.1 Å². The van der Waals surface area contributed by atoms with Crippen LogP contribution in [0.2, 0.25) is 0 Å². The Kier molecular flexibility index (Phi) is 5.63. The van der Waals surface area contributed by atoms with Gasteiger partial charge >= 0.3 is 0 Å². The summed E-state index contributed by atoms with van der Waals surface area (Å²) in [4.78, 5) is 17.4. The van der Waals surface area contributed by atoms with Gasteiger partial charge in [0.1, 0.15) is 11.9 Å². The molecule has 0 radical (unpaired) electrons. The minimum Gasteiger partial charge on any atom is -0.369 e. The highest BCUT2D eigenvalue weighted by molar-refractivity contribution is 7.15. The standard InChI is InChI=1S/C24H25N5OS/c1-16-17(2)31-24(26-16)28-23-7-3-6-21(27-23)22-15-29(11-12-30-22)14-18-8-9-20-19(13-18)5-4-10-25-20/h3-10,13,22H,11-12,14-15H2,1-2H3,(H,26,27,28)/t22-/m0/s1. The molecule has 0 unspecified atom stereocenters. The van der Waals surface area contributed by atoms with Crippen LogP contribution in [0.4, 0.5) is 10.9 Å². The lowest BCUT2D eigenvalue weighted by atomic mass is 10.1. The highest BCUT2D eigenvalue weighted by Gasteiger charge is 2.23. The number of anilines is 2. The van der Waals surface area contributed by atoms with Crippen LogP contribution in [0, 0.1) is 13.8 Å². The molecule has 4 heterocycles. The third-order valence-electron chi connectivity index (χ3n) is 5.59. The van der Waals surface area contributed by atoms with Crippen LogP contribution < -0.4 is 5.32 Å². The van der Waals surface area contributed by atoms with Crippen LogP contribution in [0.15, 0.2) is 54.7 Å². The van der Waals surface area contributed by atoms with Crippen molar-refractivity contribution in [3.63, 3.8) is 0 Å². The average molecular weight is 432 g/mol. The number of ether oxygens (including phenoxy) is 1. The van der Waals surface area contributed by atoms with E-state index in [1.54, 1.807) is 11.3 Å². The molecule has 1 atom stereocenters. The van der Waals surface area contributed by atoms with E-state index in [1.807, 2.05) is 37.4 Å². The van der Waals surface area contributed by atoms with Crippen molar-refractivity contribution in [3.8, 4) is 0 Å². The van der Waals surface area contributed by atoms with Crippen molar-refractivity contribution < 1.29 is 4.74 Å². The van der Waals surface area contributed by atoms with Crippen LogP contribution in [0.3, 0.4) is 0 Å².